The number of aliphatic hydroxyl groups is 1. The zero-order chi connectivity index (χ0) is 16.9. The van der Waals surface area contributed by atoms with Crippen LogP contribution in [0, 0.1) is 0 Å². The molecule has 122 valence electrons. The fourth-order valence-corrected chi connectivity index (χ4v) is 2.50. The zero-order valence-corrected chi connectivity index (χ0v) is 13.9. The van der Waals surface area contributed by atoms with E-state index in [1.54, 1.807) is 36.2 Å². The minimum absolute atomic E-state index is 0.322. The Hall–Kier alpha value is -2.17. The molecule has 2 rings (SSSR count). The molecule has 23 heavy (non-hydrogen) atoms. The lowest BCUT2D eigenvalue weighted by Crippen LogP contribution is -2.47. The van der Waals surface area contributed by atoms with E-state index >= 15 is 0 Å². The highest BCUT2D eigenvalue weighted by atomic mass is 16.3. The van der Waals surface area contributed by atoms with Crippen LogP contribution in [0.25, 0.3) is 0 Å². The fraction of sp³-hybridized carbons (Fsp3) is 0.316. The van der Waals surface area contributed by atoms with Gasteiger partial charge in [-0.3, -0.25) is 4.79 Å². The Balaban J connectivity index is 2.40. The maximum Gasteiger partial charge on any atom is 0.263 e. The summed E-state index contributed by atoms with van der Waals surface area (Å²) in [5, 5.41) is 11.4. The van der Waals surface area contributed by atoms with Gasteiger partial charge in [0, 0.05) is 20.1 Å². The van der Waals surface area contributed by atoms with Crippen molar-refractivity contribution in [1.82, 2.24) is 9.80 Å². The number of rotatable bonds is 6. The van der Waals surface area contributed by atoms with Crippen molar-refractivity contribution >= 4 is 5.91 Å². The molecule has 0 atom stereocenters. The molecule has 0 aliphatic carbocycles. The van der Waals surface area contributed by atoms with Crippen molar-refractivity contribution in [2.45, 2.75) is 5.60 Å². The zero-order valence-electron chi connectivity index (χ0n) is 13.9. The quantitative estimate of drug-likeness (QED) is 0.886. The van der Waals surface area contributed by atoms with Crippen LogP contribution in [0.15, 0.2) is 60.7 Å². The first-order valence-corrected chi connectivity index (χ1v) is 7.70. The maximum atomic E-state index is 13.0. The number of carbonyl (C=O) groups excluding carboxylic acids is 1. The molecule has 0 aliphatic heterocycles. The molecule has 4 nitrogen and oxygen atoms in total. The van der Waals surface area contributed by atoms with Crippen molar-refractivity contribution in [3.05, 3.63) is 71.8 Å². The predicted octanol–water partition coefficient (Wildman–Crippen LogP) is 1.94. The van der Waals surface area contributed by atoms with E-state index in [1.165, 1.54) is 0 Å². The minimum Gasteiger partial charge on any atom is -0.372 e. The third-order valence-corrected chi connectivity index (χ3v) is 3.92. The normalized spacial score (nSPS) is 11.5. The summed E-state index contributed by atoms with van der Waals surface area (Å²) in [4.78, 5) is 16.6. The molecule has 0 saturated heterocycles. The van der Waals surface area contributed by atoms with Gasteiger partial charge in [-0.1, -0.05) is 60.7 Å². The number of hydrogen-bond donors (Lipinski definition) is 1. The number of hydrogen-bond acceptors (Lipinski definition) is 3. The average molecular weight is 312 g/mol. The Labute approximate surface area is 138 Å². The second-order valence-electron chi connectivity index (χ2n) is 5.97. The number of carbonyl (C=O) groups is 1. The van der Waals surface area contributed by atoms with Gasteiger partial charge < -0.3 is 14.9 Å². The van der Waals surface area contributed by atoms with E-state index in [0.717, 1.165) is 6.54 Å². The summed E-state index contributed by atoms with van der Waals surface area (Å²) < 4.78 is 0. The van der Waals surface area contributed by atoms with E-state index in [1.807, 2.05) is 55.4 Å². The monoisotopic (exact) mass is 312 g/mol. The molecule has 1 amide bonds. The van der Waals surface area contributed by atoms with Gasteiger partial charge in [-0.05, 0) is 25.2 Å². The van der Waals surface area contributed by atoms with Gasteiger partial charge in [0.15, 0.2) is 5.60 Å². The summed E-state index contributed by atoms with van der Waals surface area (Å²) >= 11 is 0. The van der Waals surface area contributed by atoms with Gasteiger partial charge in [0.25, 0.3) is 5.91 Å². The average Bonchev–Trinajstić information content (AvgIpc) is 2.59. The molecule has 1 N–H and O–H groups in total. The van der Waals surface area contributed by atoms with Gasteiger partial charge in [0.2, 0.25) is 0 Å². The molecular formula is C19H24N2O2. The topological polar surface area (TPSA) is 43.8 Å². The minimum atomic E-state index is -1.68. The number of benzene rings is 2. The van der Waals surface area contributed by atoms with Crippen molar-refractivity contribution in [2.24, 2.45) is 0 Å². The van der Waals surface area contributed by atoms with E-state index in [-0.39, 0.29) is 5.91 Å². The third-order valence-electron chi connectivity index (χ3n) is 3.92. The Morgan fingerprint density at radius 1 is 0.870 bits per heavy atom. The number of amides is 1. The van der Waals surface area contributed by atoms with Crippen LogP contribution in [0.5, 0.6) is 0 Å². The SMILES string of the molecule is CN(C)CCN(C)C(=O)C(O)(c1ccccc1)c1ccccc1. The standard InChI is InChI=1S/C19H24N2O2/c1-20(2)14-15-21(3)18(22)19(23,16-10-6-4-7-11-16)17-12-8-5-9-13-17/h4-13,23H,14-15H2,1-3H3. The first-order chi connectivity index (χ1) is 11.0. The molecule has 0 saturated carbocycles. The van der Waals surface area contributed by atoms with Crippen molar-refractivity contribution in [2.75, 3.05) is 34.2 Å². The first kappa shape index (κ1) is 17.2. The van der Waals surface area contributed by atoms with E-state index < -0.39 is 5.60 Å². The fourth-order valence-electron chi connectivity index (χ4n) is 2.50. The molecule has 2 aromatic carbocycles. The van der Waals surface area contributed by atoms with Crippen LogP contribution in [0.1, 0.15) is 11.1 Å². The highest BCUT2D eigenvalue weighted by molar-refractivity contribution is 5.90. The van der Waals surface area contributed by atoms with E-state index in [2.05, 4.69) is 0 Å². The molecule has 0 bridgehead atoms. The van der Waals surface area contributed by atoms with Gasteiger partial charge in [0.1, 0.15) is 0 Å². The van der Waals surface area contributed by atoms with E-state index in [4.69, 9.17) is 0 Å². The van der Waals surface area contributed by atoms with Crippen LogP contribution in [0.4, 0.5) is 0 Å². The molecule has 0 aromatic heterocycles. The van der Waals surface area contributed by atoms with Gasteiger partial charge >= 0.3 is 0 Å². The first-order valence-electron chi connectivity index (χ1n) is 7.70. The number of nitrogens with zero attached hydrogens (tertiary/aromatic N) is 2. The molecule has 0 fully saturated rings. The van der Waals surface area contributed by atoms with Gasteiger partial charge in [-0.25, -0.2) is 0 Å². The molecule has 0 radical (unpaired) electrons. The highest BCUT2D eigenvalue weighted by Crippen LogP contribution is 2.31. The molecule has 0 aliphatic rings. The largest absolute Gasteiger partial charge is 0.372 e. The molecule has 2 aromatic rings. The molecular weight excluding hydrogens is 288 g/mol. The summed E-state index contributed by atoms with van der Waals surface area (Å²) in [5.41, 5.74) is -0.523. The molecule has 0 unspecified atom stereocenters. The summed E-state index contributed by atoms with van der Waals surface area (Å²) in [6, 6.07) is 18.2. The smallest absolute Gasteiger partial charge is 0.263 e. The van der Waals surface area contributed by atoms with Gasteiger partial charge in [0.05, 0.1) is 0 Å². The lowest BCUT2D eigenvalue weighted by atomic mass is 9.85. The molecule has 0 heterocycles. The molecule has 4 heteroatoms. The van der Waals surface area contributed by atoms with Crippen molar-refractivity contribution in [3.8, 4) is 0 Å². The summed E-state index contributed by atoms with van der Waals surface area (Å²) in [6.07, 6.45) is 0. The summed E-state index contributed by atoms with van der Waals surface area (Å²) in [5.74, 6) is -0.322. The summed E-state index contributed by atoms with van der Waals surface area (Å²) in [7, 11) is 5.64. The maximum absolute atomic E-state index is 13.0. The van der Waals surface area contributed by atoms with Crippen molar-refractivity contribution in [1.29, 1.82) is 0 Å². The Morgan fingerprint density at radius 3 is 1.70 bits per heavy atom. The lowest BCUT2D eigenvalue weighted by Gasteiger charge is -2.32. The van der Waals surface area contributed by atoms with Crippen LogP contribution in [0.3, 0.4) is 0 Å². The Morgan fingerprint density at radius 2 is 1.30 bits per heavy atom. The highest BCUT2D eigenvalue weighted by Gasteiger charge is 2.41. The van der Waals surface area contributed by atoms with Gasteiger partial charge in [-0.2, -0.15) is 0 Å². The molecule has 0 spiro atoms. The van der Waals surface area contributed by atoms with Gasteiger partial charge in [-0.15, -0.1) is 0 Å². The van der Waals surface area contributed by atoms with Crippen molar-refractivity contribution < 1.29 is 9.90 Å². The number of likely N-dealkylation sites (N-methyl/N-ethyl adjacent to an activating group) is 2. The van der Waals surface area contributed by atoms with Crippen LogP contribution in [-0.4, -0.2) is 55.0 Å². The second-order valence-corrected chi connectivity index (χ2v) is 5.97. The van der Waals surface area contributed by atoms with Crippen LogP contribution in [-0.2, 0) is 10.4 Å². The van der Waals surface area contributed by atoms with Crippen LogP contribution in [0.2, 0.25) is 0 Å². The second kappa shape index (κ2) is 7.40. The van der Waals surface area contributed by atoms with E-state index in [0.29, 0.717) is 17.7 Å². The van der Waals surface area contributed by atoms with Crippen LogP contribution >= 0.6 is 0 Å². The Kier molecular flexibility index (Phi) is 5.53. The third kappa shape index (κ3) is 3.78. The lowest BCUT2D eigenvalue weighted by molar-refractivity contribution is -0.146. The van der Waals surface area contributed by atoms with Crippen LogP contribution < -0.4 is 0 Å². The van der Waals surface area contributed by atoms with Crippen molar-refractivity contribution in [3.63, 3.8) is 0 Å². The Bertz CT molecular complexity index is 587. The predicted molar refractivity (Wildman–Crippen MR) is 92.1 cm³/mol. The van der Waals surface area contributed by atoms with E-state index in [9.17, 15) is 9.90 Å². The summed E-state index contributed by atoms with van der Waals surface area (Å²) in [6.45, 7) is 1.29.